The molecule has 1 amide bonds. The van der Waals surface area contributed by atoms with Crippen molar-refractivity contribution in [1.82, 2.24) is 10.3 Å². The van der Waals surface area contributed by atoms with Gasteiger partial charge in [0.05, 0.1) is 22.8 Å². The standard InChI is InChI=1S/C14H18FN3OS/c15-11-6-10(7-17-8-11)14(19)18-12(13(16)20)9-4-2-1-3-5-9/h6-9,12H,1-5H2,(H2,16,20)(H,18,19). The van der Waals surface area contributed by atoms with Gasteiger partial charge in [0.1, 0.15) is 5.82 Å². The van der Waals surface area contributed by atoms with E-state index in [9.17, 15) is 9.18 Å². The van der Waals surface area contributed by atoms with Crippen LogP contribution in [0, 0.1) is 11.7 Å². The first-order chi connectivity index (χ1) is 9.58. The number of carbonyl (C=O) groups excluding carboxylic acids is 1. The SMILES string of the molecule is NC(=S)C(NC(=O)c1cncc(F)c1)C1CCCCC1. The van der Waals surface area contributed by atoms with Crippen molar-refractivity contribution in [2.75, 3.05) is 0 Å². The van der Waals surface area contributed by atoms with Gasteiger partial charge < -0.3 is 11.1 Å². The first-order valence-corrected chi connectivity index (χ1v) is 7.19. The molecule has 3 N–H and O–H groups in total. The maximum Gasteiger partial charge on any atom is 0.253 e. The van der Waals surface area contributed by atoms with Crippen molar-refractivity contribution in [3.8, 4) is 0 Å². The molecule has 1 heterocycles. The lowest BCUT2D eigenvalue weighted by Gasteiger charge is -2.30. The summed E-state index contributed by atoms with van der Waals surface area (Å²) in [6.45, 7) is 0. The monoisotopic (exact) mass is 295 g/mol. The molecule has 108 valence electrons. The van der Waals surface area contributed by atoms with Crippen LogP contribution in [0.3, 0.4) is 0 Å². The number of hydrogen-bond acceptors (Lipinski definition) is 3. The van der Waals surface area contributed by atoms with E-state index in [0.29, 0.717) is 0 Å². The van der Waals surface area contributed by atoms with Gasteiger partial charge in [-0.05, 0) is 24.8 Å². The van der Waals surface area contributed by atoms with Crippen LogP contribution in [0.15, 0.2) is 18.5 Å². The molecule has 0 saturated heterocycles. The van der Waals surface area contributed by atoms with Crippen molar-refractivity contribution < 1.29 is 9.18 Å². The van der Waals surface area contributed by atoms with Crippen molar-refractivity contribution in [2.45, 2.75) is 38.1 Å². The van der Waals surface area contributed by atoms with E-state index in [1.807, 2.05) is 0 Å². The molecule has 0 spiro atoms. The highest BCUT2D eigenvalue weighted by Gasteiger charge is 2.27. The minimum Gasteiger partial charge on any atom is -0.392 e. The average Bonchev–Trinajstić information content (AvgIpc) is 2.45. The molecule has 1 saturated carbocycles. The predicted octanol–water partition coefficient (Wildman–Crippen LogP) is 2.19. The van der Waals surface area contributed by atoms with Gasteiger partial charge in [-0.2, -0.15) is 0 Å². The summed E-state index contributed by atoms with van der Waals surface area (Å²) in [5, 5.41) is 2.82. The van der Waals surface area contributed by atoms with Crippen molar-refractivity contribution in [2.24, 2.45) is 11.7 Å². The van der Waals surface area contributed by atoms with E-state index in [2.05, 4.69) is 10.3 Å². The summed E-state index contributed by atoms with van der Waals surface area (Å²) in [4.78, 5) is 16.1. The first-order valence-electron chi connectivity index (χ1n) is 6.78. The molecule has 0 radical (unpaired) electrons. The van der Waals surface area contributed by atoms with Gasteiger partial charge in [0.15, 0.2) is 0 Å². The quantitative estimate of drug-likeness (QED) is 0.836. The fourth-order valence-electron chi connectivity index (χ4n) is 2.65. The molecule has 6 heteroatoms. The molecule has 1 aliphatic carbocycles. The molecule has 0 aliphatic heterocycles. The van der Waals surface area contributed by atoms with Crippen LogP contribution in [0.5, 0.6) is 0 Å². The summed E-state index contributed by atoms with van der Waals surface area (Å²) in [7, 11) is 0. The molecule has 4 nitrogen and oxygen atoms in total. The summed E-state index contributed by atoms with van der Waals surface area (Å²) >= 11 is 5.07. The lowest BCUT2D eigenvalue weighted by molar-refractivity contribution is 0.0931. The zero-order valence-electron chi connectivity index (χ0n) is 11.1. The van der Waals surface area contributed by atoms with Crippen LogP contribution in [0.1, 0.15) is 42.5 Å². The molecular weight excluding hydrogens is 277 g/mol. The number of halogens is 1. The molecule has 1 aromatic rings. The number of aromatic nitrogens is 1. The Morgan fingerprint density at radius 1 is 1.40 bits per heavy atom. The zero-order chi connectivity index (χ0) is 14.5. The van der Waals surface area contributed by atoms with E-state index in [-0.39, 0.29) is 28.4 Å². The minimum absolute atomic E-state index is 0.182. The van der Waals surface area contributed by atoms with Crippen molar-refractivity contribution in [1.29, 1.82) is 0 Å². The second kappa shape index (κ2) is 6.74. The van der Waals surface area contributed by atoms with Crippen LogP contribution in [0.25, 0.3) is 0 Å². The highest BCUT2D eigenvalue weighted by atomic mass is 32.1. The van der Waals surface area contributed by atoms with Gasteiger partial charge in [-0.25, -0.2) is 4.39 Å². The number of carbonyl (C=O) groups is 1. The van der Waals surface area contributed by atoms with Crippen LogP contribution in [0.4, 0.5) is 4.39 Å². The fraction of sp³-hybridized carbons (Fsp3) is 0.500. The Labute approximate surface area is 123 Å². The number of nitrogens with two attached hydrogens (primary N) is 1. The molecule has 1 unspecified atom stereocenters. The third-order valence-corrected chi connectivity index (χ3v) is 3.94. The van der Waals surface area contributed by atoms with Gasteiger partial charge in [0.2, 0.25) is 0 Å². The van der Waals surface area contributed by atoms with Crippen molar-refractivity contribution in [3.05, 3.63) is 29.8 Å². The maximum absolute atomic E-state index is 13.1. The Bertz CT molecular complexity index is 503. The number of amides is 1. The normalized spacial score (nSPS) is 17.4. The Balaban J connectivity index is 2.07. The number of thiocarbonyl (C=S) groups is 1. The molecule has 20 heavy (non-hydrogen) atoms. The van der Waals surface area contributed by atoms with Crippen molar-refractivity contribution >= 4 is 23.1 Å². The predicted molar refractivity (Wildman–Crippen MR) is 78.8 cm³/mol. The van der Waals surface area contributed by atoms with Crippen LogP contribution in [-0.2, 0) is 0 Å². The Morgan fingerprint density at radius 3 is 2.70 bits per heavy atom. The largest absolute Gasteiger partial charge is 0.392 e. The molecule has 0 aromatic carbocycles. The number of nitrogens with zero attached hydrogens (tertiary/aromatic N) is 1. The third kappa shape index (κ3) is 3.72. The molecule has 1 aromatic heterocycles. The molecule has 1 fully saturated rings. The first kappa shape index (κ1) is 14.8. The van der Waals surface area contributed by atoms with Crippen LogP contribution in [0.2, 0.25) is 0 Å². The van der Waals surface area contributed by atoms with Gasteiger partial charge in [-0.3, -0.25) is 9.78 Å². The van der Waals surface area contributed by atoms with Gasteiger partial charge in [-0.15, -0.1) is 0 Å². The highest BCUT2D eigenvalue weighted by Crippen LogP contribution is 2.26. The number of hydrogen-bond donors (Lipinski definition) is 2. The van der Waals surface area contributed by atoms with E-state index < -0.39 is 5.82 Å². The molecule has 2 rings (SSSR count). The molecule has 1 atom stereocenters. The Morgan fingerprint density at radius 2 is 2.10 bits per heavy atom. The lowest BCUT2D eigenvalue weighted by Crippen LogP contribution is -2.48. The van der Waals surface area contributed by atoms with E-state index in [4.69, 9.17) is 18.0 Å². The lowest BCUT2D eigenvalue weighted by atomic mass is 9.83. The van der Waals surface area contributed by atoms with E-state index in [0.717, 1.165) is 37.9 Å². The number of rotatable bonds is 4. The maximum atomic E-state index is 13.1. The summed E-state index contributed by atoms with van der Waals surface area (Å²) in [6.07, 6.45) is 7.86. The average molecular weight is 295 g/mol. The second-order valence-corrected chi connectivity index (χ2v) is 5.61. The fourth-order valence-corrected chi connectivity index (χ4v) is 2.90. The highest BCUT2D eigenvalue weighted by molar-refractivity contribution is 7.80. The van der Waals surface area contributed by atoms with Gasteiger partial charge >= 0.3 is 0 Å². The summed E-state index contributed by atoms with van der Waals surface area (Å²) in [5.41, 5.74) is 5.93. The number of nitrogens with one attached hydrogen (secondary N) is 1. The van der Waals surface area contributed by atoms with Gasteiger partial charge in [0, 0.05) is 6.20 Å². The Hall–Kier alpha value is -1.56. The van der Waals surface area contributed by atoms with Gasteiger partial charge in [0.25, 0.3) is 5.91 Å². The van der Waals surface area contributed by atoms with E-state index in [1.54, 1.807) is 0 Å². The topological polar surface area (TPSA) is 68.0 Å². The Kier molecular flexibility index (Phi) is 5.00. The second-order valence-electron chi connectivity index (χ2n) is 5.14. The summed E-state index contributed by atoms with van der Waals surface area (Å²) in [5.74, 6) is -0.658. The summed E-state index contributed by atoms with van der Waals surface area (Å²) < 4.78 is 13.1. The van der Waals surface area contributed by atoms with E-state index >= 15 is 0 Å². The van der Waals surface area contributed by atoms with Crippen LogP contribution in [-0.4, -0.2) is 21.9 Å². The minimum atomic E-state index is -0.540. The van der Waals surface area contributed by atoms with Crippen LogP contribution < -0.4 is 11.1 Å². The third-order valence-electron chi connectivity index (χ3n) is 3.68. The van der Waals surface area contributed by atoms with Crippen LogP contribution >= 0.6 is 12.2 Å². The smallest absolute Gasteiger partial charge is 0.253 e. The van der Waals surface area contributed by atoms with E-state index in [1.165, 1.54) is 12.6 Å². The zero-order valence-corrected chi connectivity index (χ0v) is 12.0. The molecule has 0 bridgehead atoms. The summed E-state index contributed by atoms with van der Waals surface area (Å²) in [6, 6.07) is 0.820. The molecular formula is C14H18FN3OS. The molecule has 1 aliphatic rings. The number of pyridine rings is 1. The van der Waals surface area contributed by atoms with Gasteiger partial charge in [-0.1, -0.05) is 31.5 Å². The van der Waals surface area contributed by atoms with Crippen molar-refractivity contribution in [3.63, 3.8) is 0 Å².